The summed E-state index contributed by atoms with van der Waals surface area (Å²) in [6, 6.07) is 10.3. The summed E-state index contributed by atoms with van der Waals surface area (Å²) in [6.45, 7) is 7.17. The van der Waals surface area contributed by atoms with Crippen LogP contribution in [0.15, 0.2) is 35.2 Å². The third-order valence-electron chi connectivity index (χ3n) is 3.75. The van der Waals surface area contributed by atoms with E-state index in [1.807, 2.05) is 30.0 Å². The van der Waals surface area contributed by atoms with Crippen molar-refractivity contribution in [1.82, 2.24) is 10.2 Å². The van der Waals surface area contributed by atoms with E-state index >= 15 is 0 Å². The van der Waals surface area contributed by atoms with E-state index in [2.05, 4.69) is 24.4 Å². The lowest BCUT2D eigenvalue weighted by Gasteiger charge is -2.32. The van der Waals surface area contributed by atoms with Gasteiger partial charge >= 0.3 is 6.03 Å². The molecule has 0 spiro atoms. The molecule has 5 heteroatoms. The SMILES string of the molecule is CCOC1CCN(C(=O)NC[C@@H](C)Sc2ccccc2)CC1. The molecule has 0 unspecified atom stereocenters. The third-order valence-corrected chi connectivity index (χ3v) is 4.87. The minimum absolute atomic E-state index is 0.0514. The van der Waals surface area contributed by atoms with Crippen LogP contribution in [0.4, 0.5) is 4.79 Å². The van der Waals surface area contributed by atoms with Gasteiger partial charge in [0, 0.05) is 36.4 Å². The summed E-state index contributed by atoms with van der Waals surface area (Å²) < 4.78 is 5.61. The van der Waals surface area contributed by atoms with Crippen molar-refractivity contribution in [3.05, 3.63) is 30.3 Å². The minimum atomic E-state index is 0.0514. The van der Waals surface area contributed by atoms with Crippen molar-refractivity contribution in [3.8, 4) is 0 Å². The van der Waals surface area contributed by atoms with E-state index in [0.717, 1.165) is 32.5 Å². The molecule has 4 nitrogen and oxygen atoms in total. The Hall–Kier alpha value is -1.20. The van der Waals surface area contributed by atoms with E-state index in [1.54, 1.807) is 11.8 Å². The highest BCUT2D eigenvalue weighted by Crippen LogP contribution is 2.22. The first-order valence-electron chi connectivity index (χ1n) is 8.05. The van der Waals surface area contributed by atoms with E-state index < -0.39 is 0 Å². The largest absolute Gasteiger partial charge is 0.378 e. The molecule has 22 heavy (non-hydrogen) atoms. The molecule has 0 radical (unpaired) electrons. The number of nitrogens with zero attached hydrogens (tertiary/aromatic N) is 1. The van der Waals surface area contributed by atoms with Gasteiger partial charge in [-0.1, -0.05) is 25.1 Å². The number of amides is 2. The molecule has 1 aromatic rings. The highest BCUT2D eigenvalue weighted by molar-refractivity contribution is 8.00. The van der Waals surface area contributed by atoms with Crippen LogP contribution in [0.25, 0.3) is 0 Å². The zero-order chi connectivity index (χ0) is 15.8. The van der Waals surface area contributed by atoms with Crippen LogP contribution in [0.5, 0.6) is 0 Å². The number of likely N-dealkylation sites (tertiary alicyclic amines) is 1. The van der Waals surface area contributed by atoms with Crippen LogP contribution in [0.2, 0.25) is 0 Å². The van der Waals surface area contributed by atoms with Crippen molar-refractivity contribution in [2.24, 2.45) is 0 Å². The van der Waals surface area contributed by atoms with Crippen molar-refractivity contribution in [1.29, 1.82) is 0 Å². The monoisotopic (exact) mass is 322 g/mol. The fourth-order valence-corrected chi connectivity index (χ4v) is 3.52. The molecule has 1 fully saturated rings. The third kappa shape index (κ3) is 5.54. The maximum Gasteiger partial charge on any atom is 0.317 e. The zero-order valence-corrected chi connectivity index (χ0v) is 14.3. The summed E-state index contributed by atoms with van der Waals surface area (Å²) in [4.78, 5) is 15.3. The maximum atomic E-state index is 12.2. The van der Waals surface area contributed by atoms with Crippen molar-refractivity contribution in [2.45, 2.75) is 42.9 Å². The number of hydrogen-bond acceptors (Lipinski definition) is 3. The first kappa shape index (κ1) is 17.2. The maximum absolute atomic E-state index is 12.2. The Labute approximate surface area is 137 Å². The van der Waals surface area contributed by atoms with Gasteiger partial charge in [-0.15, -0.1) is 11.8 Å². The molecule has 0 bridgehead atoms. The number of carbonyl (C=O) groups excluding carboxylic acids is 1. The van der Waals surface area contributed by atoms with Gasteiger partial charge in [0.15, 0.2) is 0 Å². The lowest BCUT2D eigenvalue weighted by molar-refractivity contribution is 0.0220. The lowest BCUT2D eigenvalue weighted by Crippen LogP contribution is -2.47. The molecule has 1 N–H and O–H groups in total. The molecular formula is C17H26N2O2S. The highest BCUT2D eigenvalue weighted by Gasteiger charge is 2.22. The van der Waals surface area contributed by atoms with Crippen LogP contribution in [-0.4, -0.2) is 48.5 Å². The number of hydrogen-bond donors (Lipinski definition) is 1. The van der Waals surface area contributed by atoms with E-state index in [1.165, 1.54) is 4.90 Å². The first-order chi connectivity index (χ1) is 10.7. The summed E-state index contributed by atoms with van der Waals surface area (Å²) in [5, 5.41) is 3.40. The summed E-state index contributed by atoms with van der Waals surface area (Å²) in [7, 11) is 0. The standard InChI is InChI=1S/C17H26N2O2S/c1-3-21-15-9-11-19(12-10-15)17(20)18-13-14(2)22-16-7-5-4-6-8-16/h4-8,14-15H,3,9-13H2,1-2H3,(H,18,20)/t14-/m1/s1. The number of piperidine rings is 1. The van der Waals surface area contributed by atoms with Crippen LogP contribution >= 0.6 is 11.8 Å². The average molecular weight is 322 g/mol. The molecule has 1 aliphatic heterocycles. The number of rotatable bonds is 6. The van der Waals surface area contributed by atoms with Crippen molar-refractivity contribution >= 4 is 17.8 Å². The summed E-state index contributed by atoms with van der Waals surface area (Å²) in [5.74, 6) is 0. The van der Waals surface area contributed by atoms with Crippen molar-refractivity contribution in [3.63, 3.8) is 0 Å². The smallest absolute Gasteiger partial charge is 0.317 e. The normalized spacial score (nSPS) is 17.3. The highest BCUT2D eigenvalue weighted by atomic mass is 32.2. The second-order valence-electron chi connectivity index (χ2n) is 5.57. The van der Waals surface area contributed by atoms with Gasteiger partial charge in [-0.25, -0.2) is 4.79 Å². The summed E-state index contributed by atoms with van der Waals surface area (Å²) in [6.07, 6.45) is 2.20. The zero-order valence-electron chi connectivity index (χ0n) is 13.5. The number of thioether (sulfide) groups is 1. The van der Waals surface area contributed by atoms with Gasteiger partial charge in [-0.05, 0) is 31.9 Å². The Kier molecular flexibility index (Phi) is 7.06. The van der Waals surface area contributed by atoms with Gasteiger partial charge in [0.25, 0.3) is 0 Å². The number of benzene rings is 1. The second kappa shape index (κ2) is 9.06. The van der Waals surface area contributed by atoms with Crippen LogP contribution in [0.1, 0.15) is 26.7 Å². The van der Waals surface area contributed by atoms with Gasteiger partial charge in [-0.2, -0.15) is 0 Å². The second-order valence-corrected chi connectivity index (χ2v) is 7.08. The Morgan fingerprint density at radius 3 is 2.68 bits per heavy atom. The van der Waals surface area contributed by atoms with E-state index in [9.17, 15) is 4.79 Å². The Bertz CT molecular complexity index is 447. The molecule has 1 aliphatic rings. The van der Waals surface area contributed by atoms with Gasteiger partial charge < -0.3 is 15.0 Å². The number of urea groups is 1. The summed E-state index contributed by atoms with van der Waals surface area (Å²) >= 11 is 1.79. The molecule has 1 saturated heterocycles. The molecule has 0 saturated carbocycles. The van der Waals surface area contributed by atoms with Gasteiger partial charge in [0.05, 0.1) is 6.10 Å². The Balaban J connectivity index is 1.67. The summed E-state index contributed by atoms with van der Waals surface area (Å²) in [5.41, 5.74) is 0. The Morgan fingerprint density at radius 2 is 2.05 bits per heavy atom. The van der Waals surface area contributed by atoms with E-state index in [4.69, 9.17) is 4.74 Å². The van der Waals surface area contributed by atoms with E-state index in [-0.39, 0.29) is 6.03 Å². The predicted molar refractivity (Wildman–Crippen MR) is 91.4 cm³/mol. The van der Waals surface area contributed by atoms with Gasteiger partial charge in [0.1, 0.15) is 0 Å². The number of nitrogens with one attached hydrogen (secondary N) is 1. The van der Waals surface area contributed by atoms with Crippen LogP contribution in [0.3, 0.4) is 0 Å². The fraction of sp³-hybridized carbons (Fsp3) is 0.588. The molecule has 0 aliphatic carbocycles. The van der Waals surface area contributed by atoms with Gasteiger partial charge in [-0.3, -0.25) is 0 Å². The molecule has 1 heterocycles. The quantitative estimate of drug-likeness (QED) is 0.816. The predicted octanol–water partition coefficient (Wildman–Crippen LogP) is 3.38. The molecule has 2 amide bonds. The van der Waals surface area contributed by atoms with Gasteiger partial charge in [0.2, 0.25) is 0 Å². The first-order valence-corrected chi connectivity index (χ1v) is 8.93. The molecule has 122 valence electrons. The molecule has 2 rings (SSSR count). The molecule has 0 aromatic heterocycles. The molecular weight excluding hydrogens is 296 g/mol. The topological polar surface area (TPSA) is 41.6 Å². The van der Waals surface area contributed by atoms with E-state index in [0.29, 0.717) is 17.9 Å². The molecule has 1 atom stereocenters. The minimum Gasteiger partial charge on any atom is -0.378 e. The fourth-order valence-electron chi connectivity index (χ4n) is 2.58. The number of carbonyl (C=O) groups is 1. The number of ether oxygens (including phenoxy) is 1. The van der Waals surface area contributed by atoms with Crippen molar-refractivity contribution < 1.29 is 9.53 Å². The van der Waals surface area contributed by atoms with Crippen molar-refractivity contribution in [2.75, 3.05) is 26.2 Å². The average Bonchev–Trinajstić information content (AvgIpc) is 2.54. The molecule has 1 aromatic carbocycles. The van der Waals surface area contributed by atoms with Crippen LogP contribution in [0, 0.1) is 0 Å². The van der Waals surface area contributed by atoms with Crippen LogP contribution < -0.4 is 5.32 Å². The Morgan fingerprint density at radius 1 is 1.36 bits per heavy atom. The van der Waals surface area contributed by atoms with Crippen LogP contribution in [-0.2, 0) is 4.74 Å². The lowest BCUT2D eigenvalue weighted by atomic mass is 10.1.